The largest absolute Gasteiger partial charge is 0.496 e. The van der Waals surface area contributed by atoms with Gasteiger partial charge < -0.3 is 24.0 Å². The van der Waals surface area contributed by atoms with Crippen molar-refractivity contribution in [3.8, 4) is 17.2 Å². The number of ether oxygens (including phenoxy) is 3. The van der Waals surface area contributed by atoms with Gasteiger partial charge in [0.25, 0.3) is 11.8 Å². The van der Waals surface area contributed by atoms with E-state index in [1.165, 1.54) is 21.3 Å². The van der Waals surface area contributed by atoms with Crippen LogP contribution >= 0.6 is 11.6 Å². The van der Waals surface area contributed by atoms with Gasteiger partial charge in [-0.15, -0.1) is 0 Å². The Hall–Kier alpha value is -2.93. The molecule has 2 aromatic rings. The van der Waals surface area contributed by atoms with Crippen molar-refractivity contribution in [3.63, 3.8) is 0 Å². The number of carbonyl (C=O) groups is 2. The first-order chi connectivity index (χ1) is 14.5. The van der Waals surface area contributed by atoms with E-state index in [0.717, 1.165) is 0 Å². The summed E-state index contributed by atoms with van der Waals surface area (Å²) in [6.07, 6.45) is 0.651. The maximum atomic E-state index is 13.2. The first kappa shape index (κ1) is 21.8. The molecule has 1 fully saturated rings. The number of rotatable bonds is 5. The third kappa shape index (κ3) is 4.46. The molecular formula is C22H25ClN2O5. The number of halogens is 1. The third-order valence-electron chi connectivity index (χ3n) is 5.10. The number of hydrogen-bond acceptors (Lipinski definition) is 5. The predicted octanol–water partition coefficient (Wildman–Crippen LogP) is 3.35. The van der Waals surface area contributed by atoms with Gasteiger partial charge in [0.15, 0.2) is 0 Å². The first-order valence-electron chi connectivity index (χ1n) is 9.63. The van der Waals surface area contributed by atoms with Gasteiger partial charge in [-0.05, 0) is 36.8 Å². The third-order valence-corrected chi connectivity index (χ3v) is 5.34. The molecule has 1 saturated heterocycles. The molecule has 160 valence electrons. The first-order valence-corrected chi connectivity index (χ1v) is 10.0. The van der Waals surface area contributed by atoms with Crippen LogP contribution in [0.5, 0.6) is 17.2 Å². The molecule has 2 aromatic carbocycles. The Morgan fingerprint density at radius 1 is 0.800 bits per heavy atom. The Bertz CT molecular complexity index is 911. The van der Waals surface area contributed by atoms with Gasteiger partial charge in [-0.2, -0.15) is 0 Å². The summed E-state index contributed by atoms with van der Waals surface area (Å²) in [5, 5.41) is 0.467. The minimum Gasteiger partial charge on any atom is -0.496 e. The fourth-order valence-electron chi connectivity index (χ4n) is 3.56. The zero-order valence-corrected chi connectivity index (χ0v) is 18.1. The standard InChI is InChI=1S/C22H25ClN2O5/c1-28-17-9-8-15(23)14-16(17)21(26)24-10-5-11-25(13-12-24)22(27)20-18(29-2)6-4-7-19(20)30-3/h4,6-9,14H,5,10-13H2,1-3H3. The molecule has 1 aliphatic heterocycles. The summed E-state index contributed by atoms with van der Waals surface area (Å²) >= 11 is 6.08. The van der Waals surface area contributed by atoms with Gasteiger partial charge in [0.1, 0.15) is 22.8 Å². The summed E-state index contributed by atoms with van der Waals surface area (Å²) in [6.45, 7) is 1.85. The van der Waals surface area contributed by atoms with Crippen LogP contribution in [0.25, 0.3) is 0 Å². The molecule has 8 heteroatoms. The Morgan fingerprint density at radius 3 is 1.93 bits per heavy atom. The maximum absolute atomic E-state index is 13.2. The van der Waals surface area contributed by atoms with Crippen molar-refractivity contribution in [3.05, 3.63) is 52.5 Å². The Morgan fingerprint density at radius 2 is 1.37 bits per heavy atom. The molecule has 0 aromatic heterocycles. The smallest absolute Gasteiger partial charge is 0.261 e. The van der Waals surface area contributed by atoms with Gasteiger partial charge in [0, 0.05) is 31.2 Å². The molecule has 0 unspecified atom stereocenters. The summed E-state index contributed by atoms with van der Waals surface area (Å²) in [6, 6.07) is 10.2. The van der Waals surface area contributed by atoms with Crippen molar-refractivity contribution in [1.82, 2.24) is 9.80 Å². The van der Waals surface area contributed by atoms with E-state index in [0.29, 0.717) is 66.0 Å². The quantitative estimate of drug-likeness (QED) is 0.724. The predicted molar refractivity (Wildman–Crippen MR) is 114 cm³/mol. The molecule has 0 radical (unpaired) electrons. The van der Waals surface area contributed by atoms with Gasteiger partial charge in [-0.25, -0.2) is 0 Å². The highest BCUT2D eigenvalue weighted by atomic mass is 35.5. The van der Waals surface area contributed by atoms with E-state index >= 15 is 0 Å². The van der Waals surface area contributed by atoms with Crippen LogP contribution in [0.3, 0.4) is 0 Å². The molecule has 2 amide bonds. The van der Waals surface area contributed by atoms with Crippen LogP contribution in [0, 0.1) is 0 Å². The van der Waals surface area contributed by atoms with Crippen molar-refractivity contribution in [2.45, 2.75) is 6.42 Å². The summed E-state index contributed by atoms with van der Waals surface area (Å²) in [5.74, 6) is 1.04. The highest BCUT2D eigenvalue weighted by Gasteiger charge is 2.28. The van der Waals surface area contributed by atoms with Crippen molar-refractivity contribution in [2.75, 3.05) is 47.5 Å². The Kier molecular flexibility index (Phi) is 7.05. The van der Waals surface area contributed by atoms with E-state index in [1.807, 2.05) is 0 Å². The van der Waals surface area contributed by atoms with Crippen molar-refractivity contribution < 1.29 is 23.8 Å². The maximum Gasteiger partial charge on any atom is 0.261 e. The molecule has 0 spiro atoms. The number of benzene rings is 2. The van der Waals surface area contributed by atoms with Crippen LogP contribution in [0.2, 0.25) is 5.02 Å². The number of methoxy groups -OCH3 is 3. The number of amides is 2. The molecule has 1 aliphatic rings. The lowest BCUT2D eigenvalue weighted by atomic mass is 10.1. The lowest BCUT2D eigenvalue weighted by Gasteiger charge is -2.24. The lowest BCUT2D eigenvalue weighted by Crippen LogP contribution is -2.37. The van der Waals surface area contributed by atoms with Crippen LogP contribution in [0.1, 0.15) is 27.1 Å². The van der Waals surface area contributed by atoms with Gasteiger partial charge >= 0.3 is 0 Å². The topological polar surface area (TPSA) is 68.3 Å². The summed E-state index contributed by atoms with van der Waals surface area (Å²) in [7, 11) is 4.56. The second kappa shape index (κ2) is 9.71. The van der Waals surface area contributed by atoms with Gasteiger partial charge in [-0.3, -0.25) is 9.59 Å². The van der Waals surface area contributed by atoms with Gasteiger partial charge in [0.05, 0.1) is 26.9 Å². The minimum atomic E-state index is -0.182. The number of carbonyl (C=O) groups excluding carboxylic acids is 2. The fourth-order valence-corrected chi connectivity index (χ4v) is 3.73. The van der Waals surface area contributed by atoms with Crippen LogP contribution in [-0.2, 0) is 0 Å². The fraction of sp³-hybridized carbons (Fsp3) is 0.364. The highest BCUT2D eigenvalue weighted by molar-refractivity contribution is 6.31. The molecule has 30 heavy (non-hydrogen) atoms. The summed E-state index contributed by atoms with van der Waals surface area (Å²) < 4.78 is 16.0. The number of nitrogens with zero attached hydrogens (tertiary/aromatic N) is 2. The molecule has 0 saturated carbocycles. The molecule has 1 heterocycles. The second-order valence-corrected chi connectivity index (χ2v) is 7.26. The molecule has 0 atom stereocenters. The van der Waals surface area contributed by atoms with E-state index in [-0.39, 0.29) is 11.8 Å². The molecular weight excluding hydrogens is 408 g/mol. The molecule has 3 rings (SSSR count). The number of hydrogen-bond donors (Lipinski definition) is 0. The van der Waals surface area contributed by atoms with E-state index in [4.69, 9.17) is 25.8 Å². The van der Waals surface area contributed by atoms with Crippen molar-refractivity contribution in [2.24, 2.45) is 0 Å². The zero-order valence-electron chi connectivity index (χ0n) is 17.3. The summed E-state index contributed by atoms with van der Waals surface area (Å²) in [5.41, 5.74) is 0.801. The minimum absolute atomic E-state index is 0.168. The van der Waals surface area contributed by atoms with Crippen LogP contribution < -0.4 is 14.2 Å². The molecule has 7 nitrogen and oxygen atoms in total. The second-order valence-electron chi connectivity index (χ2n) is 6.82. The SMILES string of the molecule is COc1ccc(Cl)cc1C(=O)N1CCCN(C(=O)c2c(OC)cccc2OC)CC1. The highest BCUT2D eigenvalue weighted by Crippen LogP contribution is 2.30. The Balaban J connectivity index is 1.78. The molecule has 0 N–H and O–H groups in total. The van der Waals surface area contributed by atoms with Crippen molar-refractivity contribution in [1.29, 1.82) is 0 Å². The van der Waals surface area contributed by atoms with E-state index < -0.39 is 0 Å². The van der Waals surface area contributed by atoms with Gasteiger partial charge in [-0.1, -0.05) is 17.7 Å². The van der Waals surface area contributed by atoms with E-state index in [2.05, 4.69) is 0 Å². The molecule has 0 bridgehead atoms. The monoisotopic (exact) mass is 432 g/mol. The average molecular weight is 433 g/mol. The van der Waals surface area contributed by atoms with E-state index in [1.54, 1.807) is 46.2 Å². The molecule has 0 aliphatic carbocycles. The van der Waals surface area contributed by atoms with Crippen LogP contribution in [0.4, 0.5) is 0 Å². The van der Waals surface area contributed by atoms with Crippen LogP contribution in [-0.4, -0.2) is 69.1 Å². The van der Waals surface area contributed by atoms with Crippen molar-refractivity contribution >= 4 is 23.4 Å². The normalized spacial score (nSPS) is 14.1. The zero-order chi connectivity index (χ0) is 21.7. The average Bonchev–Trinajstić information content (AvgIpc) is 3.03. The lowest BCUT2D eigenvalue weighted by molar-refractivity contribution is 0.0713. The van der Waals surface area contributed by atoms with Gasteiger partial charge in [0.2, 0.25) is 0 Å². The summed E-state index contributed by atoms with van der Waals surface area (Å²) in [4.78, 5) is 29.8. The Labute approximate surface area is 181 Å². The van der Waals surface area contributed by atoms with Crippen LogP contribution in [0.15, 0.2) is 36.4 Å². The van der Waals surface area contributed by atoms with E-state index in [9.17, 15) is 9.59 Å².